The molecule has 0 bridgehead atoms. The lowest BCUT2D eigenvalue weighted by atomic mass is 10.0. The SMILES string of the molecule is C=C(C#N)/N=C/C(=C)c1ccc2c(c1)CNC2. The molecule has 0 amide bonds. The van der Waals surface area contributed by atoms with E-state index in [4.69, 9.17) is 5.26 Å². The van der Waals surface area contributed by atoms with E-state index < -0.39 is 0 Å². The minimum atomic E-state index is 0.189. The van der Waals surface area contributed by atoms with Crippen LogP contribution in [0.25, 0.3) is 5.57 Å². The Balaban J connectivity index is 2.18. The van der Waals surface area contributed by atoms with Crippen LogP contribution < -0.4 is 5.32 Å². The molecule has 0 atom stereocenters. The van der Waals surface area contributed by atoms with E-state index >= 15 is 0 Å². The summed E-state index contributed by atoms with van der Waals surface area (Å²) in [6, 6.07) is 8.10. The van der Waals surface area contributed by atoms with Gasteiger partial charge >= 0.3 is 0 Å². The van der Waals surface area contributed by atoms with Gasteiger partial charge in [-0.2, -0.15) is 5.26 Å². The Labute approximate surface area is 101 Å². The predicted molar refractivity (Wildman–Crippen MR) is 69.3 cm³/mol. The van der Waals surface area contributed by atoms with Gasteiger partial charge in [0, 0.05) is 19.3 Å². The van der Waals surface area contributed by atoms with Crippen LogP contribution in [0.5, 0.6) is 0 Å². The Kier molecular flexibility index (Phi) is 3.17. The fourth-order valence-corrected chi connectivity index (χ4v) is 1.75. The third-order valence-electron chi connectivity index (χ3n) is 2.71. The van der Waals surface area contributed by atoms with Gasteiger partial charge < -0.3 is 5.32 Å². The van der Waals surface area contributed by atoms with Gasteiger partial charge in [-0.05, 0) is 28.3 Å². The van der Waals surface area contributed by atoms with Gasteiger partial charge in [0.2, 0.25) is 0 Å². The molecule has 1 aromatic rings. The van der Waals surface area contributed by atoms with Gasteiger partial charge in [0.1, 0.15) is 11.8 Å². The minimum Gasteiger partial charge on any atom is -0.309 e. The van der Waals surface area contributed by atoms with Gasteiger partial charge in [0.25, 0.3) is 0 Å². The van der Waals surface area contributed by atoms with Crippen LogP contribution in [-0.4, -0.2) is 6.21 Å². The number of hydrogen-bond donors (Lipinski definition) is 1. The van der Waals surface area contributed by atoms with Crippen molar-refractivity contribution in [2.45, 2.75) is 13.1 Å². The molecule has 0 aromatic heterocycles. The number of rotatable bonds is 3. The van der Waals surface area contributed by atoms with Crippen LogP contribution in [0.3, 0.4) is 0 Å². The summed E-state index contributed by atoms with van der Waals surface area (Å²) in [5, 5.41) is 11.8. The first-order valence-electron chi connectivity index (χ1n) is 5.35. The van der Waals surface area contributed by atoms with E-state index in [1.54, 1.807) is 6.21 Å². The van der Waals surface area contributed by atoms with Crippen LogP contribution in [0.4, 0.5) is 0 Å². The number of nitrogens with zero attached hydrogens (tertiary/aromatic N) is 2. The molecule has 3 heteroatoms. The van der Waals surface area contributed by atoms with E-state index in [1.165, 1.54) is 11.1 Å². The Morgan fingerprint density at radius 3 is 2.88 bits per heavy atom. The lowest BCUT2D eigenvalue weighted by Crippen LogP contribution is -1.99. The highest BCUT2D eigenvalue weighted by Gasteiger charge is 2.10. The topological polar surface area (TPSA) is 48.2 Å². The molecule has 2 rings (SSSR count). The first kappa shape index (κ1) is 11.3. The largest absolute Gasteiger partial charge is 0.309 e. The smallest absolute Gasteiger partial charge is 0.133 e. The van der Waals surface area contributed by atoms with Crippen LogP contribution in [-0.2, 0) is 13.1 Å². The number of nitriles is 1. The van der Waals surface area contributed by atoms with E-state index in [0.717, 1.165) is 24.2 Å². The predicted octanol–water partition coefficient (Wildman–Crippen LogP) is 2.41. The Morgan fingerprint density at radius 2 is 2.12 bits per heavy atom. The molecule has 0 saturated heterocycles. The van der Waals surface area contributed by atoms with Gasteiger partial charge in [-0.1, -0.05) is 25.3 Å². The van der Waals surface area contributed by atoms with Crippen molar-refractivity contribution in [2.24, 2.45) is 4.99 Å². The molecular formula is C14H13N3. The first-order valence-corrected chi connectivity index (χ1v) is 5.35. The molecule has 1 aromatic carbocycles. The molecule has 3 nitrogen and oxygen atoms in total. The number of hydrogen-bond acceptors (Lipinski definition) is 3. The van der Waals surface area contributed by atoms with Crippen molar-refractivity contribution >= 4 is 11.8 Å². The van der Waals surface area contributed by atoms with Gasteiger partial charge in [-0.15, -0.1) is 0 Å². The highest BCUT2D eigenvalue weighted by molar-refractivity contribution is 6.09. The lowest BCUT2D eigenvalue weighted by molar-refractivity contribution is 0.765. The number of nitrogens with one attached hydrogen (secondary N) is 1. The fourth-order valence-electron chi connectivity index (χ4n) is 1.75. The summed E-state index contributed by atoms with van der Waals surface area (Å²) < 4.78 is 0. The van der Waals surface area contributed by atoms with Gasteiger partial charge in [0.05, 0.1) is 0 Å². The Hall–Kier alpha value is -2.18. The second-order valence-electron chi connectivity index (χ2n) is 3.93. The monoisotopic (exact) mass is 223 g/mol. The van der Waals surface area contributed by atoms with Crippen LogP contribution in [0.2, 0.25) is 0 Å². The highest BCUT2D eigenvalue weighted by Crippen LogP contribution is 2.20. The maximum Gasteiger partial charge on any atom is 0.133 e. The summed E-state index contributed by atoms with van der Waals surface area (Å²) in [6.45, 7) is 9.26. The number of benzene rings is 1. The van der Waals surface area contributed by atoms with E-state index in [2.05, 4.69) is 35.6 Å². The molecule has 0 unspecified atom stereocenters. The summed E-state index contributed by atoms with van der Waals surface area (Å²) in [5.41, 5.74) is 4.64. The molecule has 0 fully saturated rings. The van der Waals surface area contributed by atoms with Gasteiger partial charge in [-0.25, -0.2) is 4.99 Å². The highest BCUT2D eigenvalue weighted by atomic mass is 14.9. The molecule has 84 valence electrons. The molecule has 1 heterocycles. The quantitative estimate of drug-likeness (QED) is 0.632. The summed E-state index contributed by atoms with van der Waals surface area (Å²) in [5.74, 6) is 0. The average molecular weight is 223 g/mol. The minimum absolute atomic E-state index is 0.189. The number of fused-ring (bicyclic) bond motifs is 1. The number of aliphatic imine (C=N–C) groups is 1. The van der Waals surface area contributed by atoms with Crippen molar-refractivity contribution in [3.05, 3.63) is 53.7 Å². The van der Waals surface area contributed by atoms with Crippen molar-refractivity contribution in [3.63, 3.8) is 0 Å². The van der Waals surface area contributed by atoms with Crippen molar-refractivity contribution in [2.75, 3.05) is 0 Å². The first-order chi connectivity index (χ1) is 8.20. The third-order valence-corrected chi connectivity index (χ3v) is 2.71. The summed E-state index contributed by atoms with van der Waals surface area (Å²) in [7, 11) is 0. The molecule has 0 spiro atoms. The van der Waals surface area contributed by atoms with E-state index in [9.17, 15) is 0 Å². The lowest BCUT2D eigenvalue weighted by Gasteiger charge is -2.03. The van der Waals surface area contributed by atoms with Crippen LogP contribution in [0, 0.1) is 11.3 Å². The Bertz CT molecular complexity index is 547. The van der Waals surface area contributed by atoms with Crippen LogP contribution >= 0.6 is 0 Å². The fraction of sp³-hybridized carbons (Fsp3) is 0.143. The summed E-state index contributed by atoms with van der Waals surface area (Å²) in [6.07, 6.45) is 1.58. The normalized spacial score (nSPS) is 13.4. The zero-order chi connectivity index (χ0) is 12.3. The molecule has 17 heavy (non-hydrogen) atoms. The molecule has 0 aliphatic carbocycles. The Morgan fingerprint density at radius 1 is 1.35 bits per heavy atom. The molecule has 0 saturated carbocycles. The third kappa shape index (κ3) is 2.49. The van der Waals surface area contributed by atoms with E-state index in [1.807, 2.05) is 12.1 Å². The molecule has 0 radical (unpaired) electrons. The molecule has 1 N–H and O–H groups in total. The second kappa shape index (κ2) is 4.77. The molecular weight excluding hydrogens is 210 g/mol. The molecule has 1 aliphatic heterocycles. The summed E-state index contributed by atoms with van der Waals surface area (Å²) >= 11 is 0. The van der Waals surface area contributed by atoms with Gasteiger partial charge in [0.15, 0.2) is 0 Å². The van der Waals surface area contributed by atoms with E-state index in [-0.39, 0.29) is 5.70 Å². The van der Waals surface area contributed by atoms with Crippen LogP contribution in [0.1, 0.15) is 16.7 Å². The van der Waals surface area contributed by atoms with Crippen molar-refractivity contribution < 1.29 is 0 Å². The zero-order valence-electron chi connectivity index (χ0n) is 9.53. The maximum atomic E-state index is 8.54. The van der Waals surface area contributed by atoms with Crippen LogP contribution in [0.15, 0.2) is 42.0 Å². The maximum absolute atomic E-state index is 8.54. The second-order valence-corrected chi connectivity index (χ2v) is 3.93. The van der Waals surface area contributed by atoms with E-state index in [0.29, 0.717) is 0 Å². The zero-order valence-corrected chi connectivity index (χ0v) is 9.53. The van der Waals surface area contributed by atoms with Crippen molar-refractivity contribution in [1.82, 2.24) is 5.32 Å². The van der Waals surface area contributed by atoms with Crippen molar-refractivity contribution in [3.8, 4) is 6.07 Å². The molecule has 1 aliphatic rings. The summed E-state index contributed by atoms with van der Waals surface area (Å²) in [4.78, 5) is 3.92. The standard InChI is InChI=1S/C14H13N3/c1-10(7-17-11(2)6-15)12-3-4-13-8-16-9-14(13)5-12/h3-5,7,16H,1-2,8-9H2/b17-7+. The van der Waals surface area contributed by atoms with Crippen molar-refractivity contribution in [1.29, 1.82) is 5.26 Å². The number of allylic oxidation sites excluding steroid dienone is 2. The van der Waals surface area contributed by atoms with Gasteiger partial charge in [-0.3, -0.25) is 0 Å². The average Bonchev–Trinajstić information content (AvgIpc) is 2.82.